The number of benzene rings is 1. The number of hydrogen-bond donors (Lipinski definition) is 1. The molecule has 7 heteroatoms. The number of aromatic nitrogens is 2. The number of furan rings is 1. The van der Waals surface area contributed by atoms with E-state index < -0.39 is 0 Å². The Labute approximate surface area is 176 Å². The fraction of sp³-hybridized carbons (Fsp3) is 0.435. The van der Waals surface area contributed by atoms with Gasteiger partial charge in [0.1, 0.15) is 17.5 Å². The molecular formula is C23H30N4O3. The van der Waals surface area contributed by atoms with Crippen LogP contribution in [-0.2, 0) is 13.1 Å². The number of likely N-dealkylation sites (N-methyl/N-ethyl adjacent to an activating group) is 1. The molecule has 1 amide bonds. The minimum Gasteiger partial charge on any atom is -0.442 e. The minimum absolute atomic E-state index is 0.210. The van der Waals surface area contributed by atoms with Gasteiger partial charge in [0.15, 0.2) is 0 Å². The maximum absolute atomic E-state index is 12.9. The molecule has 0 fully saturated rings. The molecule has 0 atom stereocenters. The van der Waals surface area contributed by atoms with Crippen molar-refractivity contribution in [1.29, 1.82) is 0 Å². The quantitative estimate of drug-likeness (QED) is 0.586. The van der Waals surface area contributed by atoms with Crippen molar-refractivity contribution in [1.82, 2.24) is 19.8 Å². The fourth-order valence-electron chi connectivity index (χ4n) is 3.54. The fourth-order valence-corrected chi connectivity index (χ4v) is 3.54. The summed E-state index contributed by atoms with van der Waals surface area (Å²) in [5.41, 5.74) is 1.49. The molecule has 0 bridgehead atoms. The maximum Gasteiger partial charge on any atom is 0.265 e. The average molecular weight is 411 g/mol. The molecule has 0 spiro atoms. The standard InChI is InChI=1S/C23H30N4O3/c1-5-26(14-18-9-7-6-8-10-18)12-11-24-21(28)19-17(4)30-22-20(19)23(29)27(15-25-22)13-16(2)3/h6-10,15-16H,5,11-14H2,1-4H3,(H,24,28). The largest absolute Gasteiger partial charge is 0.442 e. The van der Waals surface area contributed by atoms with Crippen molar-refractivity contribution in [3.8, 4) is 0 Å². The molecule has 1 N–H and O–H groups in total. The summed E-state index contributed by atoms with van der Waals surface area (Å²) in [7, 11) is 0. The Kier molecular flexibility index (Phi) is 7.05. The zero-order valence-electron chi connectivity index (χ0n) is 18.1. The van der Waals surface area contributed by atoms with Gasteiger partial charge >= 0.3 is 0 Å². The van der Waals surface area contributed by atoms with Crippen LogP contribution in [0, 0.1) is 12.8 Å². The van der Waals surface area contributed by atoms with E-state index in [1.807, 2.05) is 32.0 Å². The number of nitrogens with one attached hydrogen (secondary N) is 1. The van der Waals surface area contributed by atoms with E-state index in [-0.39, 0.29) is 34.0 Å². The van der Waals surface area contributed by atoms with Crippen LogP contribution in [0.1, 0.15) is 42.5 Å². The molecule has 7 nitrogen and oxygen atoms in total. The lowest BCUT2D eigenvalue weighted by atomic mass is 10.1. The van der Waals surface area contributed by atoms with Gasteiger partial charge in [-0.05, 0) is 24.9 Å². The van der Waals surface area contributed by atoms with Crippen molar-refractivity contribution in [3.63, 3.8) is 0 Å². The first-order valence-corrected chi connectivity index (χ1v) is 10.4. The Morgan fingerprint density at radius 1 is 1.27 bits per heavy atom. The highest BCUT2D eigenvalue weighted by Crippen LogP contribution is 2.20. The highest BCUT2D eigenvalue weighted by Gasteiger charge is 2.23. The predicted octanol–water partition coefficient (Wildman–Crippen LogP) is 3.21. The Bertz CT molecular complexity index is 1050. The Balaban J connectivity index is 1.71. The van der Waals surface area contributed by atoms with Crippen LogP contribution in [0.5, 0.6) is 0 Å². The zero-order valence-corrected chi connectivity index (χ0v) is 18.1. The van der Waals surface area contributed by atoms with E-state index in [0.717, 1.165) is 13.1 Å². The molecule has 2 heterocycles. The van der Waals surface area contributed by atoms with Gasteiger partial charge in [0.05, 0.1) is 5.56 Å². The first-order valence-electron chi connectivity index (χ1n) is 10.4. The normalized spacial score (nSPS) is 11.5. The van der Waals surface area contributed by atoms with Crippen molar-refractivity contribution in [2.45, 2.75) is 40.8 Å². The van der Waals surface area contributed by atoms with Crippen LogP contribution in [0.25, 0.3) is 11.1 Å². The third-order valence-electron chi connectivity index (χ3n) is 5.05. The Morgan fingerprint density at radius 2 is 2.00 bits per heavy atom. The molecule has 0 unspecified atom stereocenters. The number of nitrogens with zero attached hydrogens (tertiary/aromatic N) is 3. The SMILES string of the molecule is CCN(CCNC(=O)c1c(C)oc2ncn(CC(C)C)c(=O)c12)Cc1ccccc1. The summed E-state index contributed by atoms with van der Waals surface area (Å²) in [6, 6.07) is 10.2. The number of rotatable bonds is 9. The van der Waals surface area contributed by atoms with Gasteiger partial charge in [-0.15, -0.1) is 0 Å². The molecule has 2 aromatic heterocycles. The van der Waals surface area contributed by atoms with Crippen LogP contribution in [0.4, 0.5) is 0 Å². The summed E-state index contributed by atoms with van der Waals surface area (Å²) in [6.07, 6.45) is 1.48. The summed E-state index contributed by atoms with van der Waals surface area (Å²) in [5, 5.41) is 3.19. The van der Waals surface area contributed by atoms with Crippen LogP contribution >= 0.6 is 0 Å². The minimum atomic E-state index is -0.303. The number of carbonyl (C=O) groups is 1. The van der Waals surface area contributed by atoms with Crippen molar-refractivity contribution in [2.24, 2.45) is 5.92 Å². The molecule has 0 aliphatic heterocycles. The van der Waals surface area contributed by atoms with E-state index in [2.05, 4.69) is 34.3 Å². The summed E-state index contributed by atoms with van der Waals surface area (Å²) in [6.45, 7) is 11.3. The van der Waals surface area contributed by atoms with Crippen LogP contribution in [0.2, 0.25) is 0 Å². The highest BCUT2D eigenvalue weighted by atomic mass is 16.3. The third kappa shape index (κ3) is 4.97. The van der Waals surface area contributed by atoms with Crippen LogP contribution in [0.3, 0.4) is 0 Å². The van der Waals surface area contributed by atoms with E-state index >= 15 is 0 Å². The first kappa shape index (κ1) is 21.8. The average Bonchev–Trinajstić information content (AvgIpc) is 3.06. The van der Waals surface area contributed by atoms with Crippen LogP contribution in [-0.4, -0.2) is 40.0 Å². The molecule has 160 valence electrons. The Hall–Kier alpha value is -2.93. The lowest BCUT2D eigenvalue weighted by Crippen LogP contribution is -2.35. The number of fused-ring (bicyclic) bond motifs is 1. The van der Waals surface area contributed by atoms with Gasteiger partial charge in [-0.3, -0.25) is 19.1 Å². The lowest BCUT2D eigenvalue weighted by Gasteiger charge is -2.20. The van der Waals surface area contributed by atoms with Gasteiger partial charge in [0, 0.05) is 26.2 Å². The van der Waals surface area contributed by atoms with E-state index in [1.54, 1.807) is 6.92 Å². The van der Waals surface area contributed by atoms with Crippen molar-refractivity contribution in [2.75, 3.05) is 19.6 Å². The number of amides is 1. The van der Waals surface area contributed by atoms with Gasteiger partial charge in [-0.25, -0.2) is 4.98 Å². The number of hydrogen-bond acceptors (Lipinski definition) is 5. The number of aryl methyl sites for hydroxylation is 1. The van der Waals surface area contributed by atoms with Gasteiger partial charge < -0.3 is 9.73 Å². The second-order valence-electron chi connectivity index (χ2n) is 7.92. The summed E-state index contributed by atoms with van der Waals surface area (Å²) < 4.78 is 7.13. The molecule has 0 radical (unpaired) electrons. The summed E-state index contributed by atoms with van der Waals surface area (Å²) in [5.74, 6) is 0.395. The van der Waals surface area contributed by atoms with E-state index in [1.165, 1.54) is 16.5 Å². The van der Waals surface area contributed by atoms with Gasteiger partial charge in [0.2, 0.25) is 5.71 Å². The predicted molar refractivity (Wildman–Crippen MR) is 118 cm³/mol. The van der Waals surface area contributed by atoms with Gasteiger partial charge in [-0.2, -0.15) is 0 Å². The smallest absolute Gasteiger partial charge is 0.265 e. The van der Waals surface area contributed by atoms with Gasteiger partial charge in [-0.1, -0.05) is 51.1 Å². The third-order valence-corrected chi connectivity index (χ3v) is 5.05. The van der Waals surface area contributed by atoms with Crippen LogP contribution in [0.15, 0.2) is 45.9 Å². The highest BCUT2D eigenvalue weighted by molar-refractivity contribution is 6.06. The molecule has 0 saturated heterocycles. The monoisotopic (exact) mass is 410 g/mol. The molecule has 3 rings (SSSR count). The molecular weight excluding hydrogens is 380 g/mol. The van der Waals surface area contributed by atoms with Crippen LogP contribution < -0.4 is 10.9 Å². The second-order valence-corrected chi connectivity index (χ2v) is 7.92. The molecule has 0 saturated carbocycles. The summed E-state index contributed by atoms with van der Waals surface area (Å²) >= 11 is 0. The molecule has 30 heavy (non-hydrogen) atoms. The maximum atomic E-state index is 12.9. The Morgan fingerprint density at radius 3 is 2.67 bits per heavy atom. The topological polar surface area (TPSA) is 80.4 Å². The molecule has 3 aromatic rings. The second kappa shape index (κ2) is 9.71. The molecule has 0 aliphatic rings. The van der Waals surface area contributed by atoms with E-state index in [0.29, 0.717) is 25.4 Å². The van der Waals surface area contributed by atoms with E-state index in [9.17, 15) is 9.59 Å². The summed E-state index contributed by atoms with van der Waals surface area (Å²) in [4.78, 5) is 32.3. The van der Waals surface area contributed by atoms with Gasteiger partial charge in [0.25, 0.3) is 11.5 Å². The zero-order chi connectivity index (χ0) is 21.7. The van der Waals surface area contributed by atoms with E-state index in [4.69, 9.17) is 4.42 Å². The number of carbonyl (C=O) groups excluding carboxylic acids is 1. The first-order chi connectivity index (χ1) is 14.4. The van der Waals surface area contributed by atoms with Crippen molar-refractivity contribution < 1.29 is 9.21 Å². The van der Waals surface area contributed by atoms with Crippen molar-refractivity contribution in [3.05, 3.63) is 63.9 Å². The molecule has 1 aromatic carbocycles. The molecule has 0 aliphatic carbocycles. The van der Waals surface area contributed by atoms with Crippen molar-refractivity contribution >= 4 is 17.0 Å². The lowest BCUT2D eigenvalue weighted by molar-refractivity contribution is 0.0948.